The molecule has 0 saturated heterocycles. The normalized spacial score (nSPS) is 12.8. The van der Waals surface area contributed by atoms with Gasteiger partial charge in [0.05, 0.1) is 10.2 Å². The molecule has 1 unspecified atom stereocenters. The van der Waals surface area contributed by atoms with Crippen LogP contribution in [0, 0.1) is 0 Å². The molecule has 2 nitrogen and oxygen atoms in total. The van der Waals surface area contributed by atoms with Gasteiger partial charge in [0, 0.05) is 10.5 Å². The van der Waals surface area contributed by atoms with Gasteiger partial charge in [-0.25, -0.2) is 4.98 Å². The average molecular weight is 341 g/mol. The molecule has 104 valence electrons. The zero-order valence-corrected chi connectivity index (χ0v) is 14.0. The Morgan fingerprint density at radius 1 is 1.32 bits per heavy atom. The lowest BCUT2D eigenvalue weighted by Gasteiger charge is -2.12. The van der Waals surface area contributed by atoms with Crippen LogP contribution in [0.2, 0.25) is 0 Å². The van der Waals surface area contributed by atoms with Crippen LogP contribution < -0.4 is 5.32 Å². The molecule has 0 aliphatic heterocycles. The van der Waals surface area contributed by atoms with Crippen molar-refractivity contribution in [1.82, 2.24) is 4.98 Å². The number of halogens is 1. The monoisotopic (exact) mass is 340 g/mol. The minimum Gasteiger partial charge on any atom is -0.359 e. The third-order valence-electron chi connectivity index (χ3n) is 3.21. The van der Waals surface area contributed by atoms with E-state index < -0.39 is 0 Å². The van der Waals surface area contributed by atoms with E-state index in [-0.39, 0.29) is 0 Å². The second-order valence-electron chi connectivity index (χ2n) is 5.03. The molecule has 0 radical (unpaired) electrons. The Labute approximate surface area is 127 Å². The number of fused-ring (bicyclic) bond motifs is 1. The highest BCUT2D eigenvalue weighted by Crippen LogP contribution is 2.28. The molecule has 1 aromatic carbocycles. The fourth-order valence-electron chi connectivity index (χ4n) is 2.12. The predicted molar refractivity (Wildman–Crippen MR) is 89.2 cm³/mol. The minimum absolute atomic E-state index is 0.501. The summed E-state index contributed by atoms with van der Waals surface area (Å²) in [4.78, 5) is 4.64. The lowest BCUT2D eigenvalue weighted by Crippen LogP contribution is -2.14. The van der Waals surface area contributed by atoms with Gasteiger partial charge >= 0.3 is 0 Å². The molecule has 0 amide bonds. The Balaban J connectivity index is 1.89. The van der Waals surface area contributed by atoms with E-state index in [1.165, 1.54) is 36.8 Å². The number of hydrogen-bond donors (Lipinski definition) is 1. The van der Waals surface area contributed by atoms with E-state index in [1.54, 1.807) is 11.3 Å². The SMILES string of the molecule is CCCCCCC(C)Nc1nc2cc(Br)ccc2s1. The molecule has 4 heteroatoms. The number of aromatic nitrogens is 1. The first-order valence-corrected chi connectivity index (χ1v) is 8.62. The molecule has 0 aliphatic carbocycles. The zero-order chi connectivity index (χ0) is 13.7. The first kappa shape index (κ1) is 14.8. The van der Waals surface area contributed by atoms with Gasteiger partial charge in [0.1, 0.15) is 0 Å². The molecule has 0 aliphatic rings. The number of benzene rings is 1. The average Bonchev–Trinajstić information content (AvgIpc) is 2.76. The Bertz CT molecular complexity index is 524. The number of nitrogens with zero attached hydrogens (tertiary/aromatic N) is 1. The Morgan fingerprint density at radius 3 is 2.95 bits per heavy atom. The lowest BCUT2D eigenvalue weighted by molar-refractivity contribution is 0.594. The van der Waals surface area contributed by atoms with Gasteiger partial charge in [-0.3, -0.25) is 0 Å². The molecule has 2 aromatic rings. The highest BCUT2D eigenvalue weighted by Gasteiger charge is 2.07. The zero-order valence-electron chi connectivity index (χ0n) is 11.6. The number of hydrogen-bond acceptors (Lipinski definition) is 3. The number of anilines is 1. The van der Waals surface area contributed by atoms with Crippen molar-refractivity contribution in [1.29, 1.82) is 0 Å². The van der Waals surface area contributed by atoms with Crippen molar-refractivity contribution >= 4 is 42.6 Å². The molecule has 0 bridgehead atoms. The lowest BCUT2D eigenvalue weighted by atomic mass is 10.1. The fraction of sp³-hybridized carbons (Fsp3) is 0.533. The number of nitrogens with one attached hydrogen (secondary N) is 1. The summed E-state index contributed by atoms with van der Waals surface area (Å²) in [6.07, 6.45) is 6.52. The van der Waals surface area contributed by atoms with Crippen molar-refractivity contribution in [3.05, 3.63) is 22.7 Å². The summed E-state index contributed by atoms with van der Waals surface area (Å²) in [5, 5.41) is 4.56. The quantitative estimate of drug-likeness (QED) is 0.641. The van der Waals surface area contributed by atoms with Crippen LogP contribution in [-0.2, 0) is 0 Å². The summed E-state index contributed by atoms with van der Waals surface area (Å²) in [6, 6.07) is 6.76. The van der Waals surface area contributed by atoms with E-state index in [9.17, 15) is 0 Å². The van der Waals surface area contributed by atoms with E-state index in [2.05, 4.69) is 58.3 Å². The van der Waals surface area contributed by atoms with Crippen LogP contribution in [0.15, 0.2) is 22.7 Å². The molecule has 1 aromatic heterocycles. The van der Waals surface area contributed by atoms with Gasteiger partial charge in [-0.1, -0.05) is 59.9 Å². The Kier molecular flexibility index (Phi) is 5.64. The number of thiazole rings is 1. The summed E-state index contributed by atoms with van der Waals surface area (Å²) in [7, 11) is 0. The topological polar surface area (TPSA) is 24.9 Å². The molecule has 1 atom stereocenters. The van der Waals surface area contributed by atoms with Crippen molar-refractivity contribution < 1.29 is 0 Å². The van der Waals surface area contributed by atoms with Crippen LogP contribution in [-0.4, -0.2) is 11.0 Å². The molecular formula is C15H21BrN2S. The summed E-state index contributed by atoms with van der Waals surface area (Å²) in [5.41, 5.74) is 1.07. The third kappa shape index (κ3) is 4.46. The summed E-state index contributed by atoms with van der Waals surface area (Å²) in [5.74, 6) is 0. The molecular weight excluding hydrogens is 320 g/mol. The molecule has 19 heavy (non-hydrogen) atoms. The van der Waals surface area contributed by atoms with Gasteiger partial charge in [-0.2, -0.15) is 0 Å². The summed E-state index contributed by atoms with van der Waals surface area (Å²) < 4.78 is 2.33. The van der Waals surface area contributed by atoms with Crippen molar-refractivity contribution in [2.45, 2.75) is 52.0 Å². The number of unbranched alkanes of at least 4 members (excludes halogenated alkanes) is 3. The minimum atomic E-state index is 0.501. The summed E-state index contributed by atoms with van der Waals surface area (Å²) >= 11 is 5.22. The first-order chi connectivity index (χ1) is 9.19. The van der Waals surface area contributed by atoms with Crippen molar-refractivity contribution in [3.8, 4) is 0 Å². The van der Waals surface area contributed by atoms with Crippen LogP contribution in [0.5, 0.6) is 0 Å². The Hall–Kier alpha value is -0.610. The van der Waals surface area contributed by atoms with Crippen molar-refractivity contribution in [2.75, 3.05) is 5.32 Å². The summed E-state index contributed by atoms with van der Waals surface area (Å²) in [6.45, 7) is 4.49. The van der Waals surface area contributed by atoms with E-state index in [0.29, 0.717) is 6.04 Å². The van der Waals surface area contributed by atoms with Crippen molar-refractivity contribution in [2.24, 2.45) is 0 Å². The Morgan fingerprint density at radius 2 is 2.16 bits per heavy atom. The van der Waals surface area contributed by atoms with E-state index >= 15 is 0 Å². The molecule has 0 spiro atoms. The van der Waals surface area contributed by atoms with Gasteiger partial charge in [-0.15, -0.1) is 0 Å². The maximum Gasteiger partial charge on any atom is 0.183 e. The molecule has 2 rings (SSSR count). The van der Waals surface area contributed by atoms with E-state index in [0.717, 1.165) is 15.1 Å². The van der Waals surface area contributed by atoms with Gasteiger partial charge < -0.3 is 5.32 Å². The number of rotatable bonds is 7. The maximum absolute atomic E-state index is 4.64. The highest BCUT2D eigenvalue weighted by atomic mass is 79.9. The second-order valence-corrected chi connectivity index (χ2v) is 6.97. The third-order valence-corrected chi connectivity index (χ3v) is 4.67. The standard InChI is InChI=1S/C15H21BrN2S/c1-3-4-5-6-7-11(2)17-15-18-13-10-12(16)8-9-14(13)19-15/h8-11H,3-7H2,1-2H3,(H,17,18). The van der Waals surface area contributed by atoms with Gasteiger partial charge in [0.15, 0.2) is 5.13 Å². The highest BCUT2D eigenvalue weighted by molar-refractivity contribution is 9.10. The van der Waals surface area contributed by atoms with Crippen LogP contribution in [0.4, 0.5) is 5.13 Å². The first-order valence-electron chi connectivity index (χ1n) is 7.01. The smallest absolute Gasteiger partial charge is 0.183 e. The van der Waals surface area contributed by atoms with Gasteiger partial charge in [0.25, 0.3) is 0 Å². The van der Waals surface area contributed by atoms with Gasteiger partial charge in [-0.05, 0) is 31.5 Å². The van der Waals surface area contributed by atoms with Crippen LogP contribution in [0.25, 0.3) is 10.2 Å². The molecule has 1 heterocycles. The molecule has 1 N–H and O–H groups in total. The van der Waals surface area contributed by atoms with Crippen molar-refractivity contribution in [3.63, 3.8) is 0 Å². The maximum atomic E-state index is 4.64. The fourth-order valence-corrected chi connectivity index (χ4v) is 3.43. The molecule has 0 fully saturated rings. The predicted octanol–water partition coefficient (Wildman–Crippen LogP) is 5.83. The van der Waals surface area contributed by atoms with Crippen LogP contribution in [0.1, 0.15) is 46.0 Å². The van der Waals surface area contributed by atoms with Gasteiger partial charge in [0.2, 0.25) is 0 Å². The van der Waals surface area contributed by atoms with E-state index in [1.807, 2.05) is 0 Å². The second kappa shape index (κ2) is 7.25. The van der Waals surface area contributed by atoms with E-state index in [4.69, 9.17) is 0 Å². The largest absolute Gasteiger partial charge is 0.359 e. The van der Waals surface area contributed by atoms with Crippen LogP contribution in [0.3, 0.4) is 0 Å². The molecule has 0 saturated carbocycles. The van der Waals surface area contributed by atoms with Crippen LogP contribution >= 0.6 is 27.3 Å².